The summed E-state index contributed by atoms with van der Waals surface area (Å²) in [4.78, 5) is 9.63. The van der Waals surface area contributed by atoms with Crippen LogP contribution in [0.15, 0.2) is 12.5 Å². The van der Waals surface area contributed by atoms with E-state index < -0.39 is 0 Å². The number of hydrogen-bond donors (Lipinski definition) is 2. The maximum Gasteiger partial charge on any atom is 0.155 e. The van der Waals surface area contributed by atoms with Gasteiger partial charge in [-0.15, -0.1) is 0 Å². The number of hydrogen-bond acceptors (Lipinski definition) is 5. The molecular formula is C8H14N4O. The average Bonchev–Trinajstić information content (AvgIpc) is 2.16. The molecule has 0 bridgehead atoms. The van der Waals surface area contributed by atoms with E-state index in [4.69, 9.17) is 10.8 Å². The monoisotopic (exact) mass is 182 g/mol. The van der Waals surface area contributed by atoms with Gasteiger partial charge in [-0.3, -0.25) is 0 Å². The molecule has 0 fully saturated rings. The van der Waals surface area contributed by atoms with Crippen LogP contribution in [0, 0.1) is 0 Å². The Labute approximate surface area is 77.2 Å². The van der Waals surface area contributed by atoms with Crippen LogP contribution in [0.4, 0.5) is 11.5 Å². The van der Waals surface area contributed by atoms with Crippen LogP contribution in [-0.4, -0.2) is 34.8 Å². The van der Waals surface area contributed by atoms with Crippen molar-refractivity contribution in [2.45, 2.75) is 13.0 Å². The predicted molar refractivity (Wildman–Crippen MR) is 51.4 cm³/mol. The summed E-state index contributed by atoms with van der Waals surface area (Å²) in [6.07, 6.45) is 2.98. The minimum Gasteiger partial charge on any atom is -0.394 e. The Balaban J connectivity index is 2.88. The highest BCUT2D eigenvalue weighted by molar-refractivity contribution is 5.60. The number of likely N-dealkylation sites (N-methyl/N-ethyl adjacent to an activating group) is 1. The van der Waals surface area contributed by atoms with Gasteiger partial charge in [0, 0.05) is 7.05 Å². The van der Waals surface area contributed by atoms with E-state index in [2.05, 4.69) is 9.97 Å². The summed E-state index contributed by atoms with van der Waals surface area (Å²) < 4.78 is 0. The molecule has 13 heavy (non-hydrogen) atoms. The number of nitrogens with two attached hydrogens (primary N) is 1. The van der Waals surface area contributed by atoms with E-state index in [0.29, 0.717) is 11.5 Å². The normalized spacial score (nSPS) is 12.5. The van der Waals surface area contributed by atoms with Crippen LogP contribution >= 0.6 is 0 Å². The maximum absolute atomic E-state index is 8.93. The molecule has 0 spiro atoms. The molecule has 1 atom stereocenters. The predicted octanol–water partition coefficient (Wildman–Crippen LogP) is -0.124. The fraction of sp³-hybridized carbons (Fsp3) is 0.500. The molecule has 0 radical (unpaired) electrons. The zero-order valence-electron chi connectivity index (χ0n) is 7.81. The van der Waals surface area contributed by atoms with Gasteiger partial charge in [-0.1, -0.05) is 0 Å². The van der Waals surface area contributed by atoms with Gasteiger partial charge < -0.3 is 15.7 Å². The van der Waals surface area contributed by atoms with E-state index in [-0.39, 0.29) is 12.6 Å². The van der Waals surface area contributed by atoms with Crippen LogP contribution < -0.4 is 10.6 Å². The highest BCUT2D eigenvalue weighted by Crippen LogP contribution is 2.17. The summed E-state index contributed by atoms with van der Waals surface area (Å²) in [5.74, 6) is 0.650. The van der Waals surface area contributed by atoms with E-state index in [0.717, 1.165) is 0 Å². The Morgan fingerprint density at radius 3 is 2.92 bits per heavy atom. The van der Waals surface area contributed by atoms with Gasteiger partial charge in [-0.05, 0) is 6.92 Å². The number of aliphatic hydroxyl groups excluding tert-OH is 1. The first-order chi connectivity index (χ1) is 6.16. The fourth-order valence-corrected chi connectivity index (χ4v) is 0.960. The molecule has 1 unspecified atom stereocenters. The first-order valence-electron chi connectivity index (χ1n) is 4.06. The molecule has 0 aromatic carbocycles. The van der Waals surface area contributed by atoms with Gasteiger partial charge in [0.15, 0.2) is 5.82 Å². The Kier molecular flexibility index (Phi) is 3.02. The van der Waals surface area contributed by atoms with Crippen molar-refractivity contribution >= 4 is 11.5 Å². The van der Waals surface area contributed by atoms with Gasteiger partial charge in [0.1, 0.15) is 6.33 Å². The standard InChI is InChI=1S/C8H14N4O/c1-6(4-13)12(2)8-7(9)3-10-5-11-8/h3,5-6,13H,4,9H2,1-2H3. The molecule has 0 saturated heterocycles. The number of aromatic nitrogens is 2. The van der Waals surface area contributed by atoms with Gasteiger partial charge in [0.25, 0.3) is 0 Å². The smallest absolute Gasteiger partial charge is 0.155 e. The molecular weight excluding hydrogens is 168 g/mol. The molecule has 5 nitrogen and oxygen atoms in total. The number of anilines is 2. The molecule has 0 aliphatic carbocycles. The Bertz CT molecular complexity index is 279. The minimum absolute atomic E-state index is 0.00259. The molecule has 1 aromatic heterocycles. The van der Waals surface area contributed by atoms with Crippen molar-refractivity contribution in [2.75, 3.05) is 24.3 Å². The van der Waals surface area contributed by atoms with E-state index in [1.807, 2.05) is 18.9 Å². The van der Waals surface area contributed by atoms with Gasteiger partial charge in [0.05, 0.1) is 24.5 Å². The maximum atomic E-state index is 8.93. The summed E-state index contributed by atoms with van der Waals surface area (Å²) in [5, 5.41) is 8.93. The third-order valence-electron chi connectivity index (χ3n) is 1.98. The molecule has 72 valence electrons. The molecule has 0 aliphatic rings. The van der Waals surface area contributed by atoms with Gasteiger partial charge in [0.2, 0.25) is 0 Å². The van der Waals surface area contributed by atoms with Gasteiger partial charge in [-0.2, -0.15) is 0 Å². The van der Waals surface area contributed by atoms with E-state index in [9.17, 15) is 0 Å². The molecule has 5 heteroatoms. The van der Waals surface area contributed by atoms with Gasteiger partial charge >= 0.3 is 0 Å². The van der Waals surface area contributed by atoms with E-state index in [1.54, 1.807) is 6.20 Å². The summed E-state index contributed by atoms with van der Waals surface area (Å²) >= 11 is 0. The first kappa shape index (κ1) is 9.73. The second-order valence-corrected chi connectivity index (χ2v) is 2.94. The molecule has 3 N–H and O–H groups in total. The lowest BCUT2D eigenvalue weighted by atomic mass is 10.3. The highest BCUT2D eigenvalue weighted by atomic mass is 16.3. The minimum atomic E-state index is -0.00259. The lowest BCUT2D eigenvalue weighted by Crippen LogP contribution is -2.33. The summed E-state index contributed by atoms with van der Waals surface area (Å²) in [6.45, 7) is 1.96. The Morgan fingerprint density at radius 1 is 1.69 bits per heavy atom. The van der Waals surface area contributed by atoms with Crippen molar-refractivity contribution in [3.63, 3.8) is 0 Å². The zero-order valence-corrected chi connectivity index (χ0v) is 7.81. The SMILES string of the molecule is CC(CO)N(C)c1ncncc1N. The molecule has 0 saturated carbocycles. The lowest BCUT2D eigenvalue weighted by Gasteiger charge is -2.24. The Morgan fingerprint density at radius 2 is 2.38 bits per heavy atom. The average molecular weight is 182 g/mol. The van der Waals surface area contributed by atoms with Crippen molar-refractivity contribution in [2.24, 2.45) is 0 Å². The van der Waals surface area contributed by atoms with Crippen LogP contribution in [0.1, 0.15) is 6.92 Å². The molecule has 1 rings (SSSR count). The molecule has 1 heterocycles. The molecule has 0 amide bonds. The summed E-state index contributed by atoms with van der Waals surface area (Å²) in [5.41, 5.74) is 6.18. The third kappa shape index (κ3) is 2.06. The number of aliphatic hydroxyl groups is 1. The van der Waals surface area contributed by atoms with Crippen LogP contribution in [0.3, 0.4) is 0 Å². The van der Waals surface area contributed by atoms with Crippen LogP contribution in [0.25, 0.3) is 0 Å². The largest absolute Gasteiger partial charge is 0.394 e. The first-order valence-corrected chi connectivity index (χ1v) is 4.06. The second kappa shape index (κ2) is 4.04. The van der Waals surface area contributed by atoms with Gasteiger partial charge in [-0.25, -0.2) is 9.97 Å². The quantitative estimate of drug-likeness (QED) is 0.681. The van der Waals surface area contributed by atoms with Crippen LogP contribution in [-0.2, 0) is 0 Å². The number of rotatable bonds is 3. The summed E-state index contributed by atoms with van der Waals surface area (Å²) in [7, 11) is 1.83. The third-order valence-corrected chi connectivity index (χ3v) is 1.98. The van der Waals surface area contributed by atoms with Crippen molar-refractivity contribution in [1.29, 1.82) is 0 Å². The fourth-order valence-electron chi connectivity index (χ4n) is 0.960. The summed E-state index contributed by atoms with van der Waals surface area (Å²) in [6, 6.07) is -0.00259. The lowest BCUT2D eigenvalue weighted by molar-refractivity contribution is 0.270. The van der Waals surface area contributed by atoms with Crippen LogP contribution in [0.2, 0.25) is 0 Å². The second-order valence-electron chi connectivity index (χ2n) is 2.94. The number of nitrogen functional groups attached to an aromatic ring is 1. The van der Waals surface area contributed by atoms with E-state index in [1.165, 1.54) is 6.33 Å². The Hall–Kier alpha value is -1.36. The zero-order chi connectivity index (χ0) is 9.84. The van der Waals surface area contributed by atoms with Crippen molar-refractivity contribution in [1.82, 2.24) is 9.97 Å². The van der Waals surface area contributed by atoms with Crippen molar-refractivity contribution in [3.8, 4) is 0 Å². The van der Waals surface area contributed by atoms with Crippen LogP contribution in [0.5, 0.6) is 0 Å². The molecule has 1 aromatic rings. The number of nitrogens with zero attached hydrogens (tertiary/aromatic N) is 3. The topological polar surface area (TPSA) is 75.3 Å². The molecule has 0 aliphatic heterocycles. The highest BCUT2D eigenvalue weighted by Gasteiger charge is 2.12. The van der Waals surface area contributed by atoms with Crippen molar-refractivity contribution in [3.05, 3.63) is 12.5 Å². The van der Waals surface area contributed by atoms with E-state index >= 15 is 0 Å². The van der Waals surface area contributed by atoms with Crippen molar-refractivity contribution < 1.29 is 5.11 Å².